The number of hydrogen-bond acceptors (Lipinski definition) is 4. The fourth-order valence-electron chi connectivity index (χ4n) is 8.19. The number of fused-ring (bicyclic) bond motifs is 8. The van der Waals surface area contributed by atoms with Crippen molar-refractivity contribution in [2.24, 2.45) is 0 Å². The lowest BCUT2D eigenvalue weighted by atomic mass is 9.89. The number of rotatable bonds is 5. The van der Waals surface area contributed by atoms with Crippen LogP contribution in [0.2, 0.25) is 0 Å². The van der Waals surface area contributed by atoms with Crippen LogP contribution in [0, 0.1) is 6.57 Å². The Morgan fingerprint density at radius 3 is 1.82 bits per heavy atom. The van der Waals surface area contributed by atoms with Crippen LogP contribution in [0.1, 0.15) is 42.2 Å². The molecule has 10 rings (SSSR count). The Morgan fingerprint density at radius 1 is 0.560 bits per heavy atom. The predicted octanol–water partition coefficient (Wildman–Crippen LogP) is 10.9. The van der Waals surface area contributed by atoms with E-state index in [0.29, 0.717) is 46.3 Å². The zero-order valence-electron chi connectivity index (χ0n) is 27.2. The summed E-state index contributed by atoms with van der Waals surface area (Å²) in [7, 11) is 0. The lowest BCUT2D eigenvalue weighted by Gasteiger charge is -2.16. The summed E-state index contributed by atoms with van der Waals surface area (Å²) in [4.78, 5) is 23.6. The molecule has 2 unspecified atom stereocenters. The lowest BCUT2D eigenvalue weighted by Crippen LogP contribution is -2.01. The van der Waals surface area contributed by atoms with Crippen molar-refractivity contribution in [1.82, 2.24) is 24.5 Å². The van der Waals surface area contributed by atoms with Gasteiger partial charge in [-0.1, -0.05) is 84.9 Å². The van der Waals surface area contributed by atoms with Gasteiger partial charge in [-0.3, -0.25) is 4.98 Å². The fourth-order valence-corrected chi connectivity index (χ4v) is 8.19. The monoisotopic (exact) mass is 642 g/mol. The molecule has 2 bridgehead atoms. The predicted molar refractivity (Wildman–Crippen MR) is 199 cm³/mol. The van der Waals surface area contributed by atoms with Crippen LogP contribution in [-0.4, -0.2) is 24.5 Å². The number of hydrogen-bond donors (Lipinski definition) is 0. The molecule has 6 nitrogen and oxygen atoms in total. The minimum Gasteiger partial charge on any atom is -0.309 e. The highest BCUT2D eigenvalue weighted by Gasteiger charge is 2.36. The summed E-state index contributed by atoms with van der Waals surface area (Å²) >= 11 is 0. The van der Waals surface area contributed by atoms with Crippen molar-refractivity contribution in [3.8, 4) is 51.1 Å². The number of benzene rings is 5. The Hall–Kier alpha value is -6.45. The van der Waals surface area contributed by atoms with Gasteiger partial charge in [0, 0.05) is 39.3 Å². The van der Waals surface area contributed by atoms with Gasteiger partial charge in [0.25, 0.3) is 0 Å². The summed E-state index contributed by atoms with van der Waals surface area (Å²) in [6.45, 7) is 8.09. The van der Waals surface area contributed by atoms with Crippen LogP contribution < -0.4 is 0 Å². The van der Waals surface area contributed by atoms with Crippen molar-refractivity contribution in [1.29, 1.82) is 0 Å². The Morgan fingerprint density at radius 2 is 1.14 bits per heavy atom. The second-order valence-electron chi connectivity index (χ2n) is 13.3. The van der Waals surface area contributed by atoms with E-state index in [4.69, 9.17) is 26.5 Å². The molecule has 3 heterocycles. The van der Waals surface area contributed by atoms with E-state index in [9.17, 15) is 0 Å². The highest BCUT2D eigenvalue weighted by Crippen LogP contribution is 2.53. The summed E-state index contributed by atoms with van der Waals surface area (Å²) in [5.74, 6) is 2.95. The summed E-state index contributed by atoms with van der Waals surface area (Å²) in [6.07, 6.45) is 5.61. The standard InChI is InChI=1S/C44H30N6/c1-45-38-25-32(26-46-41(38)31-19-22-34-29-15-16-30(23-29)37(34)24-31)44-48-42(27-9-3-2-4-10-27)47-43(49-44)28-17-20-33(21-18-28)50-39-13-7-5-11-35(39)36-12-6-8-14-40(36)50/h2-14,17-22,24-26,29-30H,15-16,23H2. The Labute approximate surface area is 289 Å². The van der Waals surface area contributed by atoms with Gasteiger partial charge in [-0.25, -0.2) is 19.8 Å². The average Bonchev–Trinajstić information content (AvgIpc) is 3.91. The molecule has 0 N–H and O–H groups in total. The normalized spacial score (nSPS) is 16.1. The minimum atomic E-state index is 0.482. The molecule has 236 valence electrons. The first kappa shape index (κ1) is 28.6. The second-order valence-corrected chi connectivity index (χ2v) is 13.3. The van der Waals surface area contributed by atoms with Crippen LogP contribution in [0.4, 0.5) is 5.69 Å². The molecule has 1 saturated carbocycles. The SMILES string of the molecule is [C-]#[N+]c1cc(-c2nc(-c3ccccc3)nc(-c3ccc(-n4c5ccccc5c5ccccc54)cc3)n2)cnc1-c1ccc2c(c1)C1CCC2C1. The smallest absolute Gasteiger partial charge is 0.213 e. The molecule has 8 aromatic rings. The van der Waals surface area contributed by atoms with E-state index in [1.165, 1.54) is 41.2 Å². The topological polar surface area (TPSA) is 60.9 Å². The Balaban J connectivity index is 1.06. The third-order valence-electron chi connectivity index (χ3n) is 10.5. The van der Waals surface area contributed by atoms with Crippen molar-refractivity contribution in [3.63, 3.8) is 0 Å². The molecular formula is C44H30N6. The van der Waals surface area contributed by atoms with Gasteiger partial charge in [0.2, 0.25) is 5.69 Å². The lowest BCUT2D eigenvalue weighted by molar-refractivity contribution is 0.718. The van der Waals surface area contributed by atoms with Crippen LogP contribution in [0.3, 0.4) is 0 Å². The first-order valence-corrected chi connectivity index (χ1v) is 17.1. The molecule has 5 aromatic carbocycles. The van der Waals surface area contributed by atoms with Gasteiger partial charge < -0.3 is 4.57 Å². The first-order valence-electron chi connectivity index (χ1n) is 17.1. The number of pyridine rings is 1. The molecule has 0 aliphatic heterocycles. The summed E-state index contributed by atoms with van der Waals surface area (Å²) < 4.78 is 2.30. The Bertz CT molecular complexity index is 2600. The second kappa shape index (κ2) is 11.3. The van der Waals surface area contributed by atoms with Crippen LogP contribution in [0.5, 0.6) is 0 Å². The molecule has 0 spiro atoms. The molecule has 2 atom stereocenters. The number of aromatic nitrogens is 5. The minimum absolute atomic E-state index is 0.482. The molecule has 0 amide bonds. The van der Waals surface area contributed by atoms with E-state index >= 15 is 0 Å². The van der Waals surface area contributed by atoms with Gasteiger partial charge in [0.1, 0.15) is 0 Å². The molecule has 3 aromatic heterocycles. The van der Waals surface area contributed by atoms with Crippen LogP contribution >= 0.6 is 0 Å². The number of para-hydroxylation sites is 2. The molecular weight excluding hydrogens is 613 g/mol. The maximum atomic E-state index is 8.09. The van der Waals surface area contributed by atoms with E-state index in [1.807, 2.05) is 36.4 Å². The average molecular weight is 643 g/mol. The van der Waals surface area contributed by atoms with Crippen molar-refractivity contribution in [3.05, 3.63) is 156 Å². The van der Waals surface area contributed by atoms with Crippen molar-refractivity contribution in [2.75, 3.05) is 0 Å². The van der Waals surface area contributed by atoms with Gasteiger partial charge in [0.05, 0.1) is 23.3 Å². The van der Waals surface area contributed by atoms with Crippen LogP contribution in [-0.2, 0) is 0 Å². The maximum absolute atomic E-state index is 8.09. The Kier molecular flexibility index (Phi) is 6.47. The largest absolute Gasteiger partial charge is 0.309 e. The van der Waals surface area contributed by atoms with E-state index in [1.54, 1.807) is 6.20 Å². The number of nitrogens with zero attached hydrogens (tertiary/aromatic N) is 6. The van der Waals surface area contributed by atoms with Crippen LogP contribution in [0.25, 0.3) is 77.8 Å². The quantitative estimate of drug-likeness (QED) is 0.175. The maximum Gasteiger partial charge on any atom is 0.213 e. The summed E-state index contributed by atoms with van der Waals surface area (Å²) in [5, 5.41) is 2.45. The van der Waals surface area contributed by atoms with Crippen molar-refractivity contribution >= 4 is 27.5 Å². The van der Waals surface area contributed by atoms with Crippen LogP contribution in [0.15, 0.2) is 134 Å². The molecule has 0 radical (unpaired) electrons. The zero-order chi connectivity index (χ0) is 33.2. The first-order chi connectivity index (χ1) is 24.7. The van der Waals surface area contributed by atoms with Gasteiger partial charge in [-0.05, 0) is 90.3 Å². The molecule has 2 aliphatic carbocycles. The molecule has 2 aliphatic rings. The summed E-state index contributed by atoms with van der Waals surface area (Å²) in [6, 6.07) is 43.9. The van der Waals surface area contributed by atoms with E-state index in [-0.39, 0.29) is 0 Å². The van der Waals surface area contributed by atoms with Gasteiger partial charge in [-0.15, -0.1) is 0 Å². The van der Waals surface area contributed by atoms with Crippen molar-refractivity contribution in [2.45, 2.75) is 31.1 Å². The van der Waals surface area contributed by atoms with Gasteiger partial charge in [-0.2, -0.15) is 0 Å². The molecule has 6 heteroatoms. The third-order valence-corrected chi connectivity index (χ3v) is 10.5. The highest BCUT2D eigenvalue weighted by molar-refractivity contribution is 6.09. The van der Waals surface area contributed by atoms with Gasteiger partial charge >= 0.3 is 0 Å². The van der Waals surface area contributed by atoms with E-state index in [0.717, 1.165) is 33.4 Å². The molecule has 0 saturated heterocycles. The molecule has 50 heavy (non-hydrogen) atoms. The van der Waals surface area contributed by atoms with Gasteiger partial charge in [0.15, 0.2) is 17.5 Å². The molecule has 1 fully saturated rings. The van der Waals surface area contributed by atoms with E-state index in [2.05, 4.69) is 100 Å². The third kappa shape index (κ3) is 4.55. The van der Waals surface area contributed by atoms with E-state index < -0.39 is 0 Å². The van der Waals surface area contributed by atoms with Crippen molar-refractivity contribution < 1.29 is 0 Å². The highest BCUT2D eigenvalue weighted by atomic mass is 15.0. The summed E-state index contributed by atoms with van der Waals surface area (Å²) in [5.41, 5.74) is 10.9. The fraction of sp³-hybridized carbons (Fsp3) is 0.114. The zero-order valence-corrected chi connectivity index (χ0v) is 27.2.